The van der Waals surface area contributed by atoms with Gasteiger partial charge in [0.1, 0.15) is 0 Å². The van der Waals surface area contributed by atoms with Crippen LogP contribution in [0.5, 0.6) is 0 Å². The summed E-state index contributed by atoms with van der Waals surface area (Å²) in [6, 6.07) is 80.3. The summed E-state index contributed by atoms with van der Waals surface area (Å²) in [6.45, 7) is 9.69. The molecular formula is C63H47N. The Kier molecular flexibility index (Phi) is 7.69. The Balaban J connectivity index is 1.21. The second-order valence-electron chi connectivity index (χ2n) is 19.2. The zero-order valence-corrected chi connectivity index (χ0v) is 36.7. The fourth-order valence-corrected chi connectivity index (χ4v) is 12.6. The van der Waals surface area contributed by atoms with Crippen LogP contribution in [0, 0.1) is 0 Å². The molecule has 0 radical (unpaired) electrons. The number of hydrogen-bond acceptors (Lipinski definition) is 1. The Morgan fingerprint density at radius 2 is 0.734 bits per heavy atom. The Morgan fingerprint density at radius 1 is 0.328 bits per heavy atom. The van der Waals surface area contributed by atoms with Crippen LogP contribution in [0.4, 0.5) is 17.1 Å². The van der Waals surface area contributed by atoms with Gasteiger partial charge in [-0.1, -0.05) is 216 Å². The minimum atomic E-state index is -0.546. The maximum atomic E-state index is 2.66. The molecule has 0 unspecified atom stereocenters. The number of rotatable bonds is 5. The number of nitrogens with zero attached hydrogens (tertiary/aromatic N) is 1. The van der Waals surface area contributed by atoms with Crippen LogP contribution in [0.15, 0.2) is 212 Å². The van der Waals surface area contributed by atoms with Gasteiger partial charge in [0.2, 0.25) is 0 Å². The largest absolute Gasteiger partial charge is 0.309 e. The van der Waals surface area contributed by atoms with Crippen molar-refractivity contribution in [1.82, 2.24) is 0 Å². The first-order valence-corrected chi connectivity index (χ1v) is 22.8. The first-order chi connectivity index (χ1) is 31.3. The van der Waals surface area contributed by atoms with Crippen molar-refractivity contribution < 1.29 is 0 Å². The van der Waals surface area contributed by atoms with Gasteiger partial charge in [-0.05, 0) is 113 Å². The lowest BCUT2D eigenvalue weighted by atomic mass is 9.67. The van der Waals surface area contributed by atoms with E-state index in [1.165, 1.54) is 111 Å². The molecule has 0 saturated heterocycles. The Bertz CT molecular complexity index is 3370. The smallest absolute Gasteiger partial charge is 0.0714 e. The highest BCUT2D eigenvalue weighted by Crippen LogP contribution is 2.62. The molecule has 0 saturated carbocycles. The molecule has 0 aromatic heterocycles. The molecule has 10 aromatic rings. The van der Waals surface area contributed by atoms with Crippen LogP contribution in [-0.2, 0) is 16.2 Å². The summed E-state index contributed by atoms with van der Waals surface area (Å²) in [5.41, 5.74) is 21.0. The first kappa shape index (κ1) is 37.1. The van der Waals surface area contributed by atoms with Gasteiger partial charge in [0, 0.05) is 27.6 Å². The third-order valence-corrected chi connectivity index (χ3v) is 15.2. The maximum absolute atomic E-state index is 2.66. The highest BCUT2D eigenvalue weighted by Gasteiger charge is 2.47. The first-order valence-electron chi connectivity index (χ1n) is 22.8. The van der Waals surface area contributed by atoms with E-state index in [0.29, 0.717) is 0 Å². The fourth-order valence-electron chi connectivity index (χ4n) is 12.6. The molecule has 3 aliphatic carbocycles. The van der Waals surface area contributed by atoms with Crippen LogP contribution in [0.25, 0.3) is 54.9 Å². The zero-order valence-electron chi connectivity index (χ0n) is 36.7. The van der Waals surface area contributed by atoms with E-state index in [-0.39, 0.29) is 10.8 Å². The molecule has 0 spiro atoms. The minimum Gasteiger partial charge on any atom is -0.309 e. The average molecular weight is 818 g/mol. The summed E-state index contributed by atoms with van der Waals surface area (Å²) in [6.07, 6.45) is 0. The molecule has 3 aliphatic rings. The summed E-state index contributed by atoms with van der Waals surface area (Å²) < 4.78 is 0. The fraction of sp³-hybridized carbons (Fsp3) is 0.111. The molecule has 0 atom stereocenters. The van der Waals surface area contributed by atoms with Crippen molar-refractivity contribution in [1.29, 1.82) is 0 Å². The van der Waals surface area contributed by atoms with Gasteiger partial charge in [0.25, 0.3) is 0 Å². The van der Waals surface area contributed by atoms with Crippen molar-refractivity contribution in [3.8, 4) is 33.4 Å². The maximum Gasteiger partial charge on any atom is 0.0714 e. The molecule has 1 nitrogen and oxygen atoms in total. The second kappa shape index (κ2) is 13.3. The molecule has 0 aliphatic heterocycles. The van der Waals surface area contributed by atoms with Crippen molar-refractivity contribution in [3.05, 3.63) is 257 Å². The van der Waals surface area contributed by atoms with Gasteiger partial charge in [-0.2, -0.15) is 0 Å². The standard InChI is InChI=1S/C63H47N/c1-61(2)51-32-18-16-30-49(51)57-55(37-40-21-11-13-27-45(40)59(57)61)64(56-38-41-22-12-14-28-46(41)60-58(56)50-31-17-19-33-52(50)62(60,3)4)44-35-36-48-47-29-15-20-34-53(47)63(54(48)39-44,42-23-7-5-8-24-42)43-25-9-6-10-26-43/h5-39H,1-4H3. The van der Waals surface area contributed by atoms with E-state index in [1.807, 2.05) is 0 Å². The van der Waals surface area contributed by atoms with E-state index in [9.17, 15) is 0 Å². The van der Waals surface area contributed by atoms with Gasteiger partial charge in [-0.25, -0.2) is 0 Å². The Labute approximate surface area is 375 Å². The Hall–Kier alpha value is -7.48. The van der Waals surface area contributed by atoms with Crippen LogP contribution in [0.1, 0.15) is 72.2 Å². The van der Waals surface area contributed by atoms with Crippen molar-refractivity contribution >= 4 is 38.6 Å². The van der Waals surface area contributed by atoms with E-state index < -0.39 is 5.41 Å². The van der Waals surface area contributed by atoms with E-state index in [0.717, 1.165) is 5.69 Å². The highest BCUT2D eigenvalue weighted by atomic mass is 15.2. The molecule has 10 aromatic carbocycles. The summed E-state index contributed by atoms with van der Waals surface area (Å²) >= 11 is 0. The summed E-state index contributed by atoms with van der Waals surface area (Å²) in [5.74, 6) is 0. The predicted octanol–water partition coefficient (Wildman–Crippen LogP) is 16.4. The van der Waals surface area contributed by atoms with Crippen molar-refractivity contribution in [2.45, 2.75) is 43.9 Å². The van der Waals surface area contributed by atoms with Gasteiger partial charge < -0.3 is 4.90 Å². The monoisotopic (exact) mass is 817 g/mol. The van der Waals surface area contributed by atoms with Gasteiger partial charge in [0.05, 0.1) is 16.8 Å². The molecule has 0 amide bonds. The van der Waals surface area contributed by atoms with Crippen LogP contribution in [-0.4, -0.2) is 0 Å². The molecule has 64 heavy (non-hydrogen) atoms. The minimum absolute atomic E-state index is 0.220. The van der Waals surface area contributed by atoms with Crippen LogP contribution in [0.3, 0.4) is 0 Å². The SMILES string of the molecule is CC1(C)c2ccccc2-c2c(N(c3ccc4c(c3)C(c3ccccc3)(c3ccccc3)c3ccccc3-4)c3cc4ccccc4c4c3-c3ccccc3C4(C)C)cc3ccccc3c21. The van der Waals surface area contributed by atoms with E-state index >= 15 is 0 Å². The predicted molar refractivity (Wildman–Crippen MR) is 269 cm³/mol. The average Bonchev–Trinajstić information content (AvgIpc) is 3.87. The van der Waals surface area contributed by atoms with Crippen LogP contribution >= 0.6 is 0 Å². The van der Waals surface area contributed by atoms with Crippen LogP contribution < -0.4 is 4.90 Å². The summed E-state index contributed by atoms with van der Waals surface area (Å²) in [5, 5.41) is 5.12. The van der Waals surface area contributed by atoms with E-state index in [1.54, 1.807) is 0 Å². The Morgan fingerprint density at radius 3 is 1.25 bits per heavy atom. The van der Waals surface area contributed by atoms with Crippen molar-refractivity contribution in [3.63, 3.8) is 0 Å². The second-order valence-corrected chi connectivity index (χ2v) is 19.2. The normalized spacial score (nSPS) is 15.2. The summed E-state index contributed by atoms with van der Waals surface area (Å²) in [4.78, 5) is 2.66. The topological polar surface area (TPSA) is 3.24 Å². The number of fused-ring (bicyclic) bond motifs is 13. The molecule has 0 fully saturated rings. The number of benzene rings is 10. The van der Waals surface area contributed by atoms with Crippen molar-refractivity contribution in [2.75, 3.05) is 4.90 Å². The summed E-state index contributed by atoms with van der Waals surface area (Å²) in [7, 11) is 0. The lowest BCUT2D eigenvalue weighted by Gasteiger charge is -2.36. The molecule has 0 bridgehead atoms. The zero-order chi connectivity index (χ0) is 43.0. The molecule has 0 N–H and O–H groups in total. The van der Waals surface area contributed by atoms with Gasteiger partial charge in [-0.3, -0.25) is 0 Å². The highest BCUT2D eigenvalue weighted by molar-refractivity contribution is 6.10. The number of hydrogen-bond donors (Lipinski definition) is 0. The van der Waals surface area contributed by atoms with Gasteiger partial charge >= 0.3 is 0 Å². The lowest BCUT2D eigenvalue weighted by molar-refractivity contribution is 0.666. The van der Waals surface area contributed by atoms with Crippen LogP contribution in [0.2, 0.25) is 0 Å². The molecule has 304 valence electrons. The quantitative estimate of drug-likeness (QED) is 0.167. The third kappa shape index (κ3) is 4.79. The van der Waals surface area contributed by atoms with Gasteiger partial charge in [0.15, 0.2) is 0 Å². The molecule has 1 heteroatoms. The molecule has 0 heterocycles. The third-order valence-electron chi connectivity index (χ3n) is 15.2. The molecule has 13 rings (SSSR count). The molecular weight excluding hydrogens is 771 g/mol. The van der Waals surface area contributed by atoms with E-state index in [4.69, 9.17) is 0 Å². The number of anilines is 3. The van der Waals surface area contributed by atoms with Crippen molar-refractivity contribution in [2.24, 2.45) is 0 Å². The van der Waals surface area contributed by atoms with E-state index in [2.05, 4.69) is 245 Å². The van der Waals surface area contributed by atoms with Gasteiger partial charge in [-0.15, -0.1) is 0 Å². The lowest BCUT2D eigenvalue weighted by Crippen LogP contribution is -2.28.